The van der Waals surface area contributed by atoms with E-state index in [1.54, 1.807) is 25.1 Å². The molecule has 2 unspecified atom stereocenters. The first kappa shape index (κ1) is 15.4. The zero-order chi connectivity index (χ0) is 14.9. The number of hydrogen-bond donors (Lipinski definition) is 1. The Morgan fingerprint density at radius 1 is 1.45 bits per heavy atom. The number of nitrogens with zero attached hydrogens (tertiary/aromatic N) is 1. The smallest absolute Gasteiger partial charge is 0.238 e. The highest BCUT2D eigenvalue weighted by atomic mass is 35.5. The molecule has 0 saturated carbocycles. The van der Waals surface area contributed by atoms with Crippen molar-refractivity contribution in [2.45, 2.75) is 25.4 Å². The van der Waals surface area contributed by atoms with Gasteiger partial charge in [0, 0.05) is 37.1 Å². The molecule has 1 N–H and O–H groups in total. The van der Waals surface area contributed by atoms with Crippen LogP contribution < -0.4 is 10.1 Å². The van der Waals surface area contributed by atoms with Gasteiger partial charge in [0.15, 0.2) is 0 Å². The van der Waals surface area contributed by atoms with Crippen molar-refractivity contribution in [3.05, 3.63) is 27.7 Å². The fraction of sp³-hybridized carbons (Fsp3) is 0.500. The summed E-state index contributed by atoms with van der Waals surface area (Å²) in [6, 6.07) is 3.23. The van der Waals surface area contributed by atoms with Gasteiger partial charge in [-0.25, -0.2) is 0 Å². The van der Waals surface area contributed by atoms with Gasteiger partial charge in [0.25, 0.3) is 0 Å². The third-order valence-corrected chi connectivity index (χ3v) is 3.83. The molecule has 1 aromatic rings. The van der Waals surface area contributed by atoms with Crippen LogP contribution >= 0.6 is 23.2 Å². The van der Waals surface area contributed by atoms with Crippen LogP contribution in [0.5, 0.6) is 5.75 Å². The zero-order valence-electron chi connectivity index (χ0n) is 11.7. The zero-order valence-corrected chi connectivity index (χ0v) is 13.3. The first-order valence-corrected chi connectivity index (χ1v) is 7.24. The van der Waals surface area contributed by atoms with Crippen LogP contribution in [0.15, 0.2) is 12.1 Å². The Balaban J connectivity index is 2.22. The molecule has 0 aromatic heterocycles. The number of carbonyl (C=O) groups excluding carboxylic acids is 1. The molecule has 110 valence electrons. The standard InChI is InChI=1S/C14H18Cl2N2O2/c1-8(14(19)18(2)3)17-12-4-5-20-13-10(12)6-9(15)7-11(13)16/h6-8,12,17H,4-5H2,1-3H3. The summed E-state index contributed by atoms with van der Waals surface area (Å²) in [5, 5.41) is 4.39. The van der Waals surface area contributed by atoms with Gasteiger partial charge in [-0.1, -0.05) is 23.2 Å². The molecule has 0 bridgehead atoms. The highest BCUT2D eigenvalue weighted by Gasteiger charge is 2.27. The van der Waals surface area contributed by atoms with E-state index in [9.17, 15) is 4.79 Å². The van der Waals surface area contributed by atoms with E-state index in [0.717, 1.165) is 12.0 Å². The number of hydrogen-bond acceptors (Lipinski definition) is 3. The first-order valence-electron chi connectivity index (χ1n) is 6.49. The van der Waals surface area contributed by atoms with Gasteiger partial charge in [0.2, 0.25) is 5.91 Å². The molecule has 0 radical (unpaired) electrons. The van der Waals surface area contributed by atoms with Gasteiger partial charge in [-0.3, -0.25) is 10.1 Å². The van der Waals surface area contributed by atoms with Crippen molar-refractivity contribution in [3.8, 4) is 5.75 Å². The lowest BCUT2D eigenvalue weighted by Gasteiger charge is -2.30. The summed E-state index contributed by atoms with van der Waals surface area (Å²) in [6.45, 7) is 2.42. The molecule has 0 spiro atoms. The molecule has 1 amide bonds. The number of nitrogens with one attached hydrogen (secondary N) is 1. The number of ether oxygens (including phenoxy) is 1. The molecule has 1 aromatic carbocycles. The monoisotopic (exact) mass is 316 g/mol. The van der Waals surface area contributed by atoms with E-state index in [2.05, 4.69) is 5.32 Å². The Morgan fingerprint density at radius 2 is 2.15 bits per heavy atom. The van der Waals surface area contributed by atoms with E-state index < -0.39 is 0 Å². The molecule has 0 fully saturated rings. The highest BCUT2D eigenvalue weighted by Crippen LogP contribution is 2.40. The molecule has 0 saturated heterocycles. The Hall–Kier alpha value is -0.970. The fourth-order valence-corrected chi connectivity index (χ4v) is 2.92. The average Bonchev–Trinajstić information content (AvgIpc) is 2.38. The van der Waals surface area contributed by atoms with E-state index in [1.165, 1.54) is 0 Å². The quantitative estimate of drug-likeness (QED) is 0.932. The van der Waals surface area contributed by atoms with Crippen LogP contribution in [-0.2, 0) is 4.79 Å². The second kappa shape index (κ2) is 6.20. The fourth-order valence-electron chi connectivity index (χ4n) is 2.36. The molecular formula is C14H18Cl2N2O2. The topological polar surface area (TPSA) is 41.6 Å². The number of benzene rings is 1. The Bertz CT molecular complexity index is 520. The Morgan fingerprint density at radius 3 is 2.80 bits per heavy atom. The first-order chi connectivity index (χ1) is 9.40. The molecule has 4 nitrogen and oxygen atoms in total. The summed E-state index contributed by atoms with van der Waals surface area (Å²) in [7, 11) is 3.48. The number of carbonyl (C=O) groups is 1. The number of fused-ring (bicyclic) bond motifs is 1. The number of amides is 1. The molecule has 0 aliphatic carbocycles. The van der Waals surface area contributed by atoms with Crippen LogP contribution in [0.1, 0.15) is 24.9 Å². The summed E-state index contributed by atoms with van der Waals surface area (Å²) in [4.78, 5) is 13.5. The Labute approximate surface area is 129 Å². The summed E-state index contributed by atoms with van der Waals surface area (Å²) in [5.74, 6) is 0.690. The van der Waals surface area contributed by atoms with Gasteiger partial charge in [0.1, 0.15) is 5.75 Å². The van der Waals surface area contributed by atoms with Crippen LogP contribution in [-0.4, -0.2) is 37.6 Å². The van der Waals surface area contributed by atoms with E-state index in [-0.39, 0.29) is 18.0 Å². The molecule has 6 heteroatoms. The maximum absolute atomic E-state index is 11.9. The van der Waals surface area contributed by atoms with E-state index in [4.69, 9.17) is 27.9 Å². The van der Waals surface area contributed by atoms with Gasteiger partial charge in [-0.05, 0) is 19.1 Å². The molecular weight excluding hydrogens is 299 g/mol. The van der Waals surface area contributed by atoms with Crippen LogP contribution in [0.4, 0.5) is 0 Å². The summed E-state index contributed by atoms with van der Waals surface area (Å²) >= 11 is 12.2. The summed E-state index contributed by atoms with van der Waals surface area (Å²) in [5.41, 5.74) is 0.909. The lowest BCUT2D eigenvalue weighted by atomic mass is 9.99. The van der Waals surface area contributed by atoms with Crippen molar-refractivity contribution in [3.63, 3.8) is 0 Å². The van der Waals surface area contributed by atoms with Gasteiger partial charge < -0.3 is 9.64 Å². The minimum Gasteiger partial charge on any atom is -0.492 e. The maximum Gasteiger partial charge on any atom is 0.238 e. The van der Waals surface area contributed by atoms with Crippen molar-refractivity contribution in [2.75, 3.05) is 20.7 Å². The second-order valence-corrected chi connectivity index (χ2v) is 5.96. The van der Waals surface area contributed by atoms with Gasteiger partial charge in [-0.15, -0.1) is 0 Å². The normalized spacial score (nSPS) is 18.9. The maximum atomic E-state index is 11.9. The average molecular weight is 317 g/mol. The van der Waals surface area contributed by atoms with Gasteiger partial charge in [-0.2, -0.15) is 0 Å². The van der Waals surface area contributed by atoms with E-state index >= 15 is 0 Å². The summed E-state index contributed by atoms with van der Waals surface area (Å²) in [6.07, 6.45) is 0.773. The van der Waals surface area contributed by atoms with Crippen molar-refractivity contribution < 1.29 is 9.53 Å². The lowest BCUT2D eigenvalue weighted by molar-refractivity contribution is -0.130. The van der Waals surface area contributed by atoms with Crippen molar-refractivity contribution in [1.82, 2.24) is 10.2 Å². The number of rotatable bonds is 3. The number of halogens is 2. The van der Waals surface area contributed by atoms with Crippen LogP contribution in [0.25, 0.3) is 0 Å². The molecule has 1 heterocycles. The molecule has 1 aliphatic heterocycles. The highest BCUT2D eigenvalue weighted by molar-refractivity contribution is 6.35. The SMILES string of the molecule is CC(NC1CCOc2c(Cl)cc(Cl)cc21)C(=O)N(C)C. The molecule has 20 heavy (non-hydrogen) atoms. The van der Waals surface area contributed by atoms with Crippen molar-refractivity contribution >= 4 is 29.1 Å². The van der Waals surface area contributed by atoms with Crippen molar-refractivity contribution in [1.29, 1.82) is 0 Å². The minimum absolute atomic E-state index is 0.00819. The Kier molecular flexibility index (Phi) is 4.78. The van der Waals surface area contributed by atoms with E-state index in [1.807, 2.05) is 13.0 Å². The summed E-state index contributed by atoms with van der Waals surface area (Å²) < 4.78 is 5.60. The molecule has 2 atom stereocenters. The lowest BCUT2D eigenvalue weighted by Crippen LogP contribution is -2.44. The van der Waals surface area contributed by atoms with Gasteiger partial charge in [0.05, 0.1) is 17.7 Å². The third-order valence-electron chi connectivity index (χ3n) is 3.33. The molecule has 1 aliphatic rings. The van der Waals surface area contributed by atoms with Crippen LogP contribution in [0.3, 0.4) is 0 Å². The minimum atomic E-state index is -0.279. The van der Waals surface area contributed by atoms with E-state index in [0.29, 0.717) is 22.4 Å². The van der Waals surface area contributed by atoms with Gasteiger partial charge >= 0.3 is 0 Å². The second-order valence-electron chi connectivity index (χ2n) is 5.12. The molecule has 2 rings (SSSR count). The van der Waals surface area contributed by atoms with Crippen LogP contribution in [0, 0.1) is 0 Å². The van der Waals surface area contributed by atoms with Crippen molar-refractivity contribution in [2.24, 2.45) is 0 Å². The van der Waals surface area contributed by atoms with Crippen LogP contribution in [0.2, 0.25) is 10.0 Å². The predicted molar refractivity (Wildman–Crippen MR) is 80.6 cm³/mol. The largest absolute Gasteiger partial charge is 0.492 e. The predicted octanol–water partition coefficient (Wildman–Crippen LogP) is 2.88. The third kappa shape index (κ3) is 3.19. The number of likely N-dealkylation sites (N-methyl/N-ethyl adjacent to an activating group) is 1.